The summed E-state index contributed by atoms with van der Waals surface area (Å²) in [6.07, 6.45) is 26.9. The number of unbranched alkanes of at least 4 members (excludes halogenated alkanes) is 7. The van der Waals surface area contributed by atoms with Crippen LogP contribution < -0.4 is 9.47 Å². The lowest BCUT2D eigenvalue weighted by Crippen LogP contribution is -2.13. The highest BCUT2D eigenvalue weighted by molar-refractivity contribution is 5.30. The normalized spacial score (nSPS) is 22.6. The smallest absolute Gasteiger partial charge is 0.119 e. The van der Waals surface area contributed by atoms with Gasteiger partial charge in [0.25, 0.3) is 0 Å². The first-order valence-corrected chi connectivity index (χ1v) is 18.2. The molecule has 2 aromatic carbocycles. The average Bonchev–Trinajstić information content (AvgIpc) is 3.05. The Balaban J connectivity index is 0.976. The van der Waals surface area contributed by atoms with Gasteiger partial charge < -0.3 is 9.47 Å². The van der Waals surface area contributed by atoms with Crippen molar-refractivity contribution in [2.75, 3.05) is 13.2 Å². The molecule has 0 spiro atoms. The molecule has 0 aliphatic heterocycles. The maximum atomic E-state index is 6.05. The van der Waals surface area contributed by atoms with Gasteiger partial charge in [-0.1, -0.05) is 102 Å². The van der Waals surface area contributed by atoms with Crippen molar-refractivity contribution >= 4 is 0 Å². The van der Waals surface area contributed by atoms with E-state index >= 15 is 0 Å². The molecule has 234 valence electrons. The van der Waals surface area contributed by atoms with Gasteiger partial charge in [-0.3, -0.25) is 0 Å². The number of rotatable bonds is 19. The van der Waals surface area contributed by atoms with Crippen LogP contribution in [0, 0.1) is 11.8 Å². The minimum atomic E-state index is 0.762. The molecule has 2 aliphatic carbocycles. The number of hydrogen-bond donors (Lipinski definition) is 0. The zero-order chi connectivity index (χ0) is 29.2. The monoisotopic (exact) mass is 574 g/mol. The fourth-order valence-electron chi connectivity index (χ4n) is 7.52. The van der Waals surface area contributed by atoms with Gasteiger partial charge in [-0.05, 0) is 123 Å². The highest BCUT2D eigenvalue weighted by Crippen LogP contribution is 2.39. The molecule has 4 rings (SSSR count). The summed E-state index contributed by atoms with van der Waals surface area (Å²) in [7, 11) is 0. The minimum absolute atomic E-state index is 0.762. The van der Waals surface area contributed by atoms with E-state index in [9.17, 15) is 0 Å². The van der Waals surface area contributed by atoms with Crippen LogP contribution in [0.25, 0.3) is 0 Å². The number of ether oxygens (including phenoxy) is 2. The Hall–Kier alpha value is -1.96. The number of benzene rings is 2. The lowest BCUT2D eigenvalue weighted by atomic mass is 9.77. The van der Waals surface area contributed by atoms with Crippen molar-refractivity contribution in [1.82, 2.24) is 0 Å². The Morgan fingerprint density at radius 3 is 1.17 bits per heavy atom. The number of hydrogen-bond acceptors (Lipinski definition) is 2. The lowest BCUT2D eigenvalue weighted by Gasteiger charge is -2.28. The highest BCUT2D eigenvalue weighted by Gasteiger charge is 2.23. The van der Waals surface area contributed by atoms with Crippen LogP contribution in [0.2, 0.25) is 0 Å². The van der Waals surface area contributed by atoms with Gasteiger partial charge in [0.1, 0.15) is 11.5 Å². The van der Waals surface area contributed by atoms with E-state index in [1.807, 2.05) is 0 Å². The zero-order valence-corrected chi connectivity index (χ0v) is 27.3. The van der Waals surface area contributed by atoms with Crippen molar-refractivity contribution in [3.8, 4) is 11.5 Å². The van der Waals surface area contributed by atoms with Crippen LogP contribution in [0.1, 0.15) is 165 Å². The third kappa shape index (κ3) is 11.6. The van der Waals surface area contributed by atoms with E-state index in [-0.39, 0.29) is 0 Å². The molecule has 0 radical (unpaired) electrons. The van der Waals surface area contributed by atoms with Crippen LogP contribution >= 0.6 is 0 Å². The van der Waals surface area contributed by atoms with Crippen LogP contribution in [-0.4, -0.2) is 13.2 Å². The quantitative estimate of drug-likeness (QED) is 0.155. The largest absolute Gasteiger partial charge is 0.494 e. The molecular weight excluding hydrogens is 512 g/mol. The maximum Gasteiger partial charge on any atom is 0.119 e. The molecule has 0 unspecified atom stereocenters. The minimum Gasteiger partial charge on any atom is -0.494 e. The zero-order valence-electron chi connectivity index (χ0n) is 27.3. The predicted molar refractivity (Wildman–Crippen MR) is 180 cm³/mol. The van der Waals surface area contributed by atoms with Crippen molar-refractivity contribution in [2.45, 2.75) is 154 Å². The van der Waals surface area contributed by atoms with Gasteiger partial charge >= 0.3 is 0 Å². The van der Waals surface area contributed by atoms with Gasteiger partial charge in [0.2, 0.25) is 0 Å². The van der Waals surface area contributed by atoms with E-state index in [4.69, 9.17) is 9.47 Å². The standard InChI is InChI=1S/C40H62O2/c1-3-5-13-33-15-19-35(20-16-33)37-23-27-39(28-24-37)41-31-11-9-7-8-10-12-32-42-40-29-25-38(26-30-40)36-21-17-34(18-22-36)14-6-4-2/h23-30,33-36H,3-22,31-32H2,1-2H3/t33-,34-,35-,36-. The van der Waals surface area contributed by atoms with E-state index in [0.29, 0.717) is 0 Å². The molecule has 2 heteroatoms. The topological polar surface area (TPSA) is 18.5 Å². The molecular formula is C40H62O2. The second kappa shape index (κ2) is 19.3. The highest BCUT2D eigenvalue weighted by atomic mass is 16.5. The van der Waals surface area contributed by atoms with Crippen molar-refractivity contribution < 1.29 is 9.47 Å². The Bertz CT molecular complexity index is 853. The summed E-state index contributed by atoms with van der Waals surface area (Å²) >= 11 is 0. The van der Waals surface area contributed by atoms with E-state index in [1.165, 1.54) is 127 Å². The fraction of sp³-hybridized carbons (Fsp3) is 0.700. The molecule has 42 heavy (non-hydrogen) atoms. The van der Waals surface area contributed by atoms with Crippen molar-refractivity contribution in [2.24, 2.45) is 11.8 Å². The van der Waals surface area contributed by atoms with E-state index in [0.717, 1.165) is 61.2 Å². The maximum absolute atomic E-state index is 6.05. The van der Waals surface area contributed by atoms with Crippen LogP contribution in [0.5, 0.6) is 11.5 Å². The predicted octanol–water partition coefficient (Wildman–Crippen LogP) is 12.4. The molecule has 2 nitrogen and oxygen atoms in total. The Kier molecular flexibility index (Phi) is 15.2. The molecule has 0 aromatic heterocycles. The molecule has 2 saturated carbocycles. The second-order valence-corrected chi connectivity index (χ2v) is 13.7. The van der Waals surface area contributed by atoms with Crippen molar-refractivity contribution in [1.29, 1.82) is 0 Å². The molecule has 0 saturated heterocycles. The Morgan fingerprint density at radius 1 is 0.452 bits per heavy atom. The van der Waals surface area contributed by atoms with Crippen molar-refractivity contribution in [3.05, 3.63) is 59.7 Å². The Morgan fingerprint density at radius 2 is 0.810 bits per heavy atom. The lowest BCUT2D eigenvalue weighted by molar-refractivity contribution is 0.295. The van der Waals surface area contributed by atoms with Crippen LogP contribution in [0.3, 0.4) is 0 Å². The summed E-state index contributed by atoms with van der Waals surface area (Å²) in [6.45, 7) is 6.29. The second-order valence-electron chi connectivity index (χ2n) is 13.7. The summed E-state index contributed by atoms with van der Waals surface area (Å²) in [5.74, 6) is 5.56. The first kappa shape index (κ1) is 32.9. The van der Waals surface area contributed by atoms with Crippen LogP contribution in [0.4, 0.5) is 0 Å². The molecule has 0 N–H and O–H groups in total. The molecule has 0 bridgehead atoms. The van der Waals surface area contributed by atoms with Gasteiger partial charge in [-0.2, -0.15) is 0 Å². The summed E-state index contributed by atoms with van der Waals surface area (Å²) < 4.78 is 12.1. The molecule has 2 aromatic rings. The third-order valence-electron chi connectivity index (χ3n) is 10.4. The van der Waals surface area contributed by atoms with E-state index in [2.05, 4.69) is 62.4 Å². The van der Waals surface area contributed by atoms with E-state index < -0.39 is 0 Å². The summed E-state index contributed by atoms with van der Waals surface area (Å²) in [4.78, 5) is 0. The fourth-order valence-corrected chi connectivity index (χ4v) is 7.52. The molecule has 0 heterocycles. The molecule has 2 fully saturated rings. The third-order valence-corrected chi connectivity index (χ3v) is 10.4. The van der Waals surface area contributed by atoms with Gasteiger partial charge in [0.05, 0.1) is 13.2 Å². The molecule has 0 amide bonds. The van der Waals surface area contributed by atoms with Crippen LogP contribution in [-0.2, 0) is 0 Å². The van der Waals surface area contributed by atoms with Gasteiger partial charge in [-0.15, -0.1) is 0 Å². The first-order valence-electron chi connectivity index (χ1n) is 18.2. The van der Waals surface area contributed by atoms with Crippen molar-refractivity contribution in [3.63, 3.8) is 0 Å². The molecule has 0 atom stereocenters. The van der Waals surface area contributed by atoms with Gasteiger partial charge in [-0.25, -0.2) is 0 Å². The van der Waals surface area contributed by atoms with Gasteiger partial charge in [0, 0.05) is 0 Å². The van der Waals surface area contributed by atoms with E-state index in [1.54, 1.807) is 0 Å². The molecule has 2 aliphatic rings. The van der Waals surface area contributed by atoms with Crippen LogP contribution in [0.15, 0.2) is 48.5 Å². The first-order chi connectivity index (χ1) is 20.7. The summed E-state index contributed by atoms with van der Waals surface area (Å²) in [5.41, 5.74) is 3.04. The SMILES string of the molecule is CCCC[C@H]1CC[C@H](c2ccc(OCCCCCCCCOc3ccc([C@H]4CC[C@H](CCCC)CC4)cc3)cc2)CC1. The average molecular weight is 575 g/mol. The summed E-state index contributed by atoms with van der Waals surface area (Å²) in [5, 5.41) is 0. The Labute approximate surface area is 259 Å². The summed E-state index contributed by atoms with van der Waals surface area (Å²) in [6, 6.07) is 18.1. The van der Waals surface area contributed by atoms with Gasteiger partial charge in [0.15, 0.2) is 0 Å².